The van der Waals surface area contributed by atoms with Gasteiger partial charge in [-0.3, -0.25) is 4.79 Å². The highest BCUT2D eigenvalue weighted by Gasteiger charge is 2.21. The number of unbranched alkanes of at least 4 members (excludes halogenated alkanes) is 1. The van der Waals surface area contributed by atoms with Gasteiger partial charge in [0.1, 0.15) is 11.8 Å². The number of nitrogens with zero attached hydrogens (tertiary/aromatic N) is 3. The predicted octanol–water partition coefficient (Wildman–Crippen LogP) is 3.15. The maximum Gasteiger partial charge on any atom is 0.242 e. The summed E-state index contributed by atoms with van der Waals surface area (Å²) in [5, 5.41) is 11.2. The van der Waals surface area contributed by atoms with Gasteiger partial charge in [0.05, 0.1) is 51.7 Å². The number of anilines is 1. The van der Waals surface area contributed by atoms with E-state index in [1.807, 2.05) is 6.07 Å². The Kier molecular flexibility index (Phi) is 9.74. The number of nitrogens with two attached hydrogens (primary N) is 1. The van der Waals surface area contributed by atoms with Crippen molar-refractivity contribution in [1.29, 1.82) is 0 Å². The van der Waals surface area contributed by atoms with Crippen molar-refractivity contribution in [2.75, 3.05) is 40.3 Å². The average Bonchev–Trinajstić information content (AvgIpc) is 3.40. The molecule has 0 fully saturated rings. The lowest BCUT2D eigenvalue weighted by Crippen LogP contribution is -2.36. The number of rotatable bonds is 13. The molecule has 194 valence electrons. The molecule has 12 heteroatoms. The van der Waals surface area contributed by atoms with E-state index in [0.717, 1.165) is 18.4 Å². The van der Waals surface area contributed by atoms with E-state index in [-0.39, 0.29) is 5.91 Å². The Labute approximate surface area is 214 Å². The van der Waals surface area contributed by atoms with Crippen LogP contribution in [0.15, 0.2) is 36.5 Å². The molecule has 0 saturated heterocycles. The lowest BCUT2D eigenvalue weighted by Gasteiger charge is -2.17. The molecule has 0 spiro atoms. The van der Waals surface area contributed by atoms with Crippen molar-refractivity contribution in [3.63, 3.8) is 0 Å². The highest BCUT2D eigenvalue weighted by Crippen LogP contribution is 2.40. The summed E-state index contributed by atoms with van der Waals surface area (Å²) in [7, 11) is 6.16. The van der Waals surface area contributed by atoms with E-state index in [2.05, 4.69) is 20.5 Å². The Bertz CT molecular complexity index is 1150. The fourth-order valence-corrected chi connectivity index (χ4v) is 3.93. The van der Waals surface area contributed by atoms with Gasteiger partial charge in [-0.25, -0.2) is 9.52 Å². The van der Waals surface area contributed by atoms with Crippen LogP contribution in [0.2, 0.25) is 0 Å². The first-order valence-electron chi connectivity index (χ1n) is 11.3. The highest BCUT2D eigenvalue weighted by atomic mass is 35.5. The zero-order chi connectivity index (χ0) is 26.1. The first-order chi connectivity index (χ1) is 17.5. The fraction of sp³-hybridized carbons (Fsp3) is 0.375. The second kappa shape index (κ2) is 13.0. The molecule has 0 saturated carbocycles. The number of aromatic nitrogens is 3. The Morgan fingerprint density at radius 3 is 2.31 bits per heavy atom. The van der Waals surface area contributed by atoms with Gasteiger partial charge in [-0.05, 0) is 49.4 Å². The minimum Gasteiger partial charge on any atom is -0.495 e. The molecule has 0 bridgehead atoms. The molecule has 1 unspecified atom stereocenters. The van der Waals surface area contributed by atoms with Crippen LogP contribution in [0.1, 0.15) is 19.3 Å². The first-order valence-corrected chi connectivity index (χ1v) is 11.7. The minimum absolute atomic E-state index is 0.284. The lowest BCUT2D eigenvalue weighted by molar-refractivity contribution is -0.117. The zero-order valence-electron chi connectivity index (χ0n) is 20.7. The summed E-state index contributed by atoms with van der Waals surface area (Å²) in [5.74, 6) is 1.63. The lowest BCUT2D eigenvalue weighted by atomic mass is 10.1. The molecule has 0 aliphatic heterocycles. The second-order valence-corrected chi connectivity index (χ2v) is 7.98. The molecule has 4 N–H and O–H groups in total. The van der Waals surface area contributed by atoms with Gasteiger partial charge in [0, 0.05) is 17.7 Å². The smallest absolute Gasteiger partial charge is 0.242 e. The van der Waals surface area contributed by atoms with Crippen LogP contribution in [-0.2, 0) is 4.79 Å². The maximum atomic E-state index is 12.9. The van der Waals surface area contributed by atoms with E-state index in [1.165, 1.54) is 14.2 Å². The highest BCUT2D eigenvalue weighted by molar-refractivity contribution is 6.15. The monoisotopic (exact) mass is 518 g/mol. The van der Waals surface area contributed by atoms with Crippen molar-refractivity contribution in [3.05, 3.63) is 36.5 Å². The molecule has 3 aromatic rings. The topological polar surface area (TPSA) is 135 Å². The number of amides is 1. The van der Waals surface area contributed by atoms with Crippen LogP contribution in [0.5, 0.6) is 23.0 Å². The Balaban J connectivity index is 1.97. The second-order valence-electron chi connectivity index (χ2n) is 7.77. The Hall–Kier alpha value is -3.54. The van der Waals surface area contributed by atoms with Crippen LogP contribution in [-0.4, -0.2) is 61.9 Å². The van der Waals surface area contributed by atoms with Crippen molar-refractivity contribution in [1.82, 2.24) is 19.8 Å². The number of benzene rings is 2. The summed E-state index contributed by atoms with van der Waals surface area (Å²) in [6.45, 7) is 0.556. The van der Waals surface area contributed by atoms with Crippen LogP contribution in [0.4, 0.5) is 5.69 Å². The first kappa shape index (κ1) is 27.1. The van der Waals surface area contributed by atoms with Crippen LogP contribution in [0.25, 0.3) is 16.9 Å². The molecule has 0 aliphatic carbocycles. The molecule has 1 heterocycles. The quantitative estimate of drug-likeness (QED) is 0.230. The molecule has 1 atom stereocenters. The third-order valence-corrected chi connectivity index (χ3v) is 5.85. The Morgan fingerprint density at radius 1 is 1.03 bits per heavy atom. The van der Waals surface area contributed by atoms with E-state index in [9.17, 15) is 4.79 Å². The number of halogens is 1. The number of nitrogens with one attached hydrogen (secondary N) is 2. The summed E-state index contributed by atoms with van der Waals surface area (Å²) < 4.78 is 23.4. The van der Waals surface area contributed by atoms with Crippen LogP contribution < -0.4 is 34.8 Å². The van der Waals surface area contributed by atoms with Crippen molar-refractivity contribution in [3.8, 4) is 39.9 Å². The SMILES string of the molecule is COc1ccc(-c2cnnn2-c2cc(OC)c(OC)c(OC)c2)cc1NC(=O)C(CCCCN)NCl. The van der Waals surface area contributed by atoms with Gasteiger partial charge in [-0.1, -0.05) is 11.6 Å². The van der Waals surface area contributed by atoms with Gasteiger partial charge >= 0.3 is 0 Å². The van der Waals surface area contributed by atoms with E-state index in [4.69, 9.17) is 36.5 Å². The molecule has 2 aromatic carbocycles. The van der Waals surface area contributed by atoms with E-state index in [0.29, 0.717) is 53.0 Å². The molecule has 0 radical (unpaired) electrons. The number of ether oxygens (including phenoxy) is 4. The molecule has 3 rings (SSSR count). The van der Waals surface area contributed by atoms with Gasteiger partial charge in [0.25, 0.3) is 0 Å². The summed E-state index contributed by atoms with van der Waals surface area (Å²) in [4.78, 5) is 15.4. The van der Waals surface area contributed by atoms with Crippen molar-refractivity contribution >= 4 is 23.4 Å². The molecule has 1 aromatic heterocycles. The third kappa shape index (κ3) is 5.99. The van der Waals surface area contributed by atoms with Crippen LogP contribution in [0, 0.1) is 0 Å². The number of hydrogen-bond donors (Lipinski definition) is 3. The summed E-state index contributed by atoms with van der Waals surface area (Å²) in [5.41, 5.74) is 8.08. The van der Waals surface area contributed by atoms with E-state index in [1.54, 1.807) is 49.4 Å². The van der Waals surface area contributed by atoms with Crippen LogP contribution >= 0.6 is 11.8 Å². The predicted molar refractivity (Wildman–Crippen MR) is 137 cm³/mol. The summed E-state index contributed by atoms with van der Waals surface area (Å²) >= 11 is 5.83. The van der Waals surface area contributed by atoms with Gasteiger partial charge in [-0.2, -0.15) is 0 Å². The van der Waals surface area contributed by atoms with Gasteiger partial charge < -0.3 is 30.0 Å². The average molecular weight is 519 g/mol. The fourth-order valence-electron chi connectivity index (χ4n) is 3.72. The number of carbonyl (C=O) groups is 1. The number of carbonyl (C=O) groups excluding carboxylic acids is 1. The zero-order valence-corrected chi connectivity index (χ0v) is 21.5. The number of hydrogen-bond acceptors (Lipinski definition) is 9. The molecule has 0 aliphatic rings. The van der Waals surface area contributed by atoms with Crippen LogP contribution in [0.3, 0.4) is 0 Å². The van der Waals surface area contributed by atoms with Crippen molar-refractivity contribution in [2.45, 2.75) is 25.3 Å². The maximum absolute atomic E-state index is 12.9. The molecule has 1 amide bonds. The minimum atomic E-state index is -0.585. The standard InChI is InChI=1S/C24H31ClN6O5/c1-33-20-9-8-15(11-18(20)28-24(32)17(29-25)7-5-6-10-26)19-14-27-30-31(19)16-12-21(34-2)23(36-4)22(13-16)35-3/h8-9,11-14,17,29H,5-7,10,26H2,1-4H3,(H,28,32). The Morgan fingerprint density at radius 2 is 1.72 bits per heavy atom. The molecular formula is C24H31ClN6O5. The number of methoxy groups -OCH3 is 4. The third-order valence-electron chi connectivity index (χ3n) is 5.59. The van der Waals surface area contributed by atoms with Gasteiger partial charge in [0.2, 0.25) is 11.7 Å². The van der Waals surface area contributed by atoms with Gasteiger partial charge in [-0.15, -0.1) is 5.10 Å². The van der Waals surface area contributed by atoms with Crippen molar-refractivity contribution in [2.24, 2.45) is 5.73 Å². The molecular weight excluding hydrogens is 488 g/mol. The van der Waals surface area contributed by atoms with E-state index < -0.39 is 6.04 Å². The van der Waals surface area contributed by atoms with Gasteiger partial charge in [0.15, 0.2) is 11.5 Å². The van der Waals surface area contributed by atoms with E-state index >= 15 is 0 Å². The van der Waals surface area contributed by atoms with Crippen molar-refractivity contribution < 1.29 is 23.7 Å². The molecule has 36 heavy (non-hydrogen) atoms. The summed E-state index contributed by atoms with van der Waals surface area (Å²) in [6.07, 6.45) is 3.74. The largest absolute Gasteiger partial charge is 0.495 e. The molecule has 11 nitrogen and oxygen atoms in total. The normalized spacial score (nSPS) is 11.6. The summed E-state index contributed by atoms with van der Waals surface area (Å²) in [6, 6.07) is 8.34.